The summed E-state index contributed by atoms with van der Waals surface area (Å²) < 4.78 is 23.2. The Morgan fingerprint density at radius 1 is 1.35 bits per heavy atom. The van der Waals surface area contributed by atoms with Crippen LogP contribution >= 0.6 is 0 Å². The highest BCUT2D eigenvalue weighted by molar-refractivity contribution is 5.86. The quantitative estimate of drug-likeness (QED) is 0.886. The molecule has 0 amide bonds. The fourth-order valence-electron chi connectivity index (χ4n) is 1.35. The van der Waals surface area contributed by atoms with Gasteiger partial charge >= 0.3 is 5.97 Å². The van der Waals surface area contributed by atoms with E-state index >= 15 is 0 Å². The van der Waals surface area contributed by atoms with Crippen molar-refractivity contribution in [1.82, 2.24) is 0 Å². The normalized spacial score (nSPS) is 10.2. The number of aromatic carboxylic acids is 1. The molecule has 0 unspecified atom stereocenters. The molecule has 5 heteroatoms. The van der Waals surface area contributed by atoms with Gasteiger partial charge in [0, 0.05) is 5.56 Å². The van der Waals surface area contributed by atoms with Gasteiger partial charge in [0.05, 0.1) is 6.26 Å². The molecule has 0 fully saturated rings. The lowest BCUT2D eigenvalue weighted by atomic mass is 10.2. The fraction of sp³-hybridized carbons (Fsp3) is 0.0833. The van der Waals surface area contributed by atoms with Crippen molar-refractivity contribution in [2.24, 2.45) is 0 Å². The number of halogens is 1. The van der Waals surface area contributed by atoms with Gasteiger partial charge in [-0.1, -0.05) is 12.1 Å². The highest BCUT2D eigenvalue weighted by Crippen LogP contribution is 2.19. The van der Waals surface area contributed by atoms with E-state index in [1.54, 1.807) is 12.1 Å². The first kappa shape index (κ1) is 11.2. The summed E-state index contributed by atoms with van der Waals surface area (Å²) in [5.41, 5.74) is 0.362. The molecule has 1 N–H and O–H groups in total. The van der Waals surface area contributed by atoms with Crippen molar-refractivity contribution in [3.63, 3.8) is 0 Å². The molecule has 4 nitrogen and oxygen atoms in total. The van der Waals surface area contributed by atoms with Gasteiger partial charge in [0.1, 0.15) is 6.61 Å². The van der Waals surface area contributed by atoms with Crippen LogP contribution < -0.4 is 4.74 Å². The summed E-state index contributed by atoms with van der Waals surface area (Å²) in [5, 5.41) is 8.78. The lowest BCUT2D eigenvalue weighted by Gasteiger charge is -2.05. The molecule has 2 aromatic rings. The minimum Gasteiger partial charge on any atom is -0.486 e. The maximum absolute atomic E-state index is 13.2. The number of hydrogen-bond acceptors (Lipinski definition) is 3. The van der Waals surface area contributed by atoms with E-state index in [-0.39, 0.29) is 18.1 Å². The lowest BCUT2D eigenvalue weighted by molar-refractivity contribution is 0.0658. The minimum atomic E-state index is -1.18. The van der Waals surface area contributed by atoms with Gasteiger partial charge in [-0.05, 0) is 18.2 Å². The molecule has 0 saturated carbocycles. The third-order valence-corrected chi connectivity index (χ3v) is 2.16. The minimum absolute atomic E-state index is 0.0565. The second-order valence-electron chi connectivity index (χ2n) is 3.30. The maximum Gasteiger partial charge on any atom is 0.372 e. The number of hydrogen-bond donors (Lipinski definition) is 1. The summed E-state index contributed by atoms with van der Waals surface area (Å²) in [6.07, 6.45) is 1.25. The Bertz CT molecular complexity index is 533. The van der Waals surface area contributed by atoms with Crippen LogP contribution in [0, 0.1) is 5.82 Å². The third-order valence-electron chi connectivity index (χ3n) is 2.16. The van der Waals surface area contributed by atoms with Crippen LogP contribution in [-0.4, -0.2) is 11.1 Å². The molecule has 0 radical (unpaired) electrons. The Labute approximate surface area is 96.2 Å². The van der Waals surface area contributed by atoms with E-state index in [2.05, 4.69) is 0 Å². The number of benzene rings is 1. The zero-order valence-corrected chi connectivity index (χ0v) is 8.72. The van der Waals surface area contributed by atoms with Crippen LogP contribution in [0.4, 0.5) is 4.39 Å². The predicted octanol–water partition coefficient (Wildman–Crippen LogP) is 2.70. The molecule has 1 aromatic carbocycles. The van der Waals surface area contributed by atoms with E-state index < -0.39 is 11.8 Å². The number of rotatable bonds is 4. The highest BCUT2D eigenvalue weighted by Gasteiger charge is 2.14. The summed E-state index contributed by atoms with van der Waals surface area (Å²) in [5.74, 6) is -1.79. The van der Waals surface area contributed by atoms with Crippen LogP contribution in [0.5, 0.6) is 5.75 Å². The molecule has 0 aliphatic rings. The number of para-hydroxylation sites is 1. The lowest BCUT2D eigenvalue weighted by Crippen LogP contribution is -2.03. The fourth-order valence-corrected chi connectivity index (χ4v) is 1.35. The maximum atomic E-state index is 13.2. The Morgan fingerprint density at radius 3 is 2.82 bits per heavy atom. The van der Waals surface area contributed by atoms with Crippen molar-refractivity contribution in [2.45, 2.75) is 6.61 Å². The van der Waals surface area contributed by atoms with E-state index in [4.69, 9.17) is 14.3 Å². The number of ether oxygens (including phenoxy) is 1. The van der Waals surface area contributed by atoms with Crippen molar-refractivity contribution in [1.29, 1.82) is 0 Å². The van der Waals surface area contributed by atoms with Gasteiger partial charge < -0.3 is 14.3 Å². The van der Waals surface area contributed by atoms with Crippen LogP contribution in [0.2, 0.25) is 0 Å². The van der Waals surface area contributed by atoms with Gasteiger partial charge in [-0.3, -0.25) is 0 Å². The number of furan rings is 1. The van der Waals surface area contributed by atoms with Crippen molar-refractivity contribution in [3.8, 4) is 5.75 Å². The van der Waals surface area contributed by atoms with Crippen molar-refractivity contribution in [2.75, 3.05) is 0 Å². The van der Waals surface area contributed by atoms with E-state index in [1.807, 2.05) is 0 Å². The Kier molecular flexibility index (Phi) is 3.09. The SMILES string of the molecule is O=C(O)c1occc1COc1ccccc1F. The second-order valence-corrected chi connectivity index (χ2v) is 3.30. The topological polar surface area (TPSA) is 59.7 Å². The van der Waals surface area contributed by atoms with E-state index in [9.17, 15) is 9.18 Å². The monoisotopic (exact) mass is 236 g/mol. The first-order valence-electron chi connectivity index (χ1n) is 4.85. The van der Waals surface area contributed by atoms with Gasteiger partial charge in [-0.25, -0.2) is 9.18 Å². The molecule has 2 rings (SSSR count). The smallest absolute Gasteiger partial charge is 0.372 e. The van der Waals surface area contributed by atoms with Crippen LogP contribution in [0.15, 0.2) is 41.0 Å². The van der Waals surface area contributed by atoms with Crippen LogP contribution in [0.25, 0.3) is 0 Å². The highest BCUT2D eigenvalue weighted by atomic mass is 19.1. The van der Waals surface area contributed by atoms with E-state index in [0.717, 1.165) is 0 Å². The van der Waals surface area contributed by atoms with Crippen LogP contribution in [-0.2, 0) is 6.61 Å². The summed E-state index contributed by atoms with van der Waals surface area (Å²) in [6.45, 7) is -0.0565. The summed E-state index contributed by atoms with van der Waals surface area (Å²) in [4.78, 5) is 10.7. The van der Waals surface area contributed by atoms with Crippen molar-refractivity contribution >= 4 is 5.97 Å². The predicted molar refractivity (Wildman–Crippen MR) is 56.4 cm³/mol. The standard InChI is InChI=1S/C12H9FO4/c13-9-3-1-2-4-10(9)17-7-8-5-6-16-11(8)12(14)15/h1-6H,7H2,(H,14,15). The molecule has 0 saturated heterocycles. The molecule has 17 heavy (non-hydrogen) atoms. The summed E-state index contributed by atoms with van der Waals surface area (Å²) in [7, 11) is 0. The molecule has 0 atom stereocenters. The molecule has 88 valence electrons. The average Bonchev–Trinajstić information content (AvgIpc) is 2.76. The number of carboxylic acids is 1. The second kappa shape index (κ2) is 4.69. The summed E-state index contributed by atoms with van der Waals surface area (Å²) >= 11 is 0. The first-order chi connectivity index (χ1) is 8.18. The molecular weight excluding hydrogens is 227 g/mol. The van der Waals surface area contributed by atoms with Gasteiger partial charge in [-0.2, -0.15) is 0 Å². The Morgan fingerprint density at radius 2 is 2.12 bits per heavy atom. The Balaban J connectivity index is 2.10. The van der Waals surface area contributed by atoms with Crippen molar-refractivity contribution < 1.29 is 23.4 Å². The molecule has 1 aromatic heterocycles. The van der Waals surface area contributed by atoms with Gasteiger partial charge in [0.2, 0.25) is 5.76 Å². The molecule has 0 bridgehead atoms. The summed E-state index contributed by atoms with van der Waals surface area (Å²) in [6, 6.07) is 7.39. The van der Waals surface area contributed by atoms with Crippen LogP contribution in [0.1, 0.15) is 16.1 Å². The molecule has 0 aliphatic carbocycles. The first-order valence-corrected chi connectivity index (χ1v) is 4.85. The average molecular weight is 236 g/mol. The number of carbonyl (C=O) groups is 1. The van der Waals surface area contributed by atoms with Gasteiger partial charge in [0.25, 0.3) is 0 Å². The largest absolute Gasteiger partial charge is 0.486 e. The third kappa shape index (κ3) is 2.44. The zero-order chi connectivity index (χ0) is 12.3. The Hall–Kier alpha value is -2.30. The number of carboxylic acid groups (broad SMARTS) is 1. The molecular formula is C12H9FO4. The van der Waals surface area contributed by atoms with E-state index in [1.165, 1.54) is 24.5 Å². The van der Waals surface area contributed by atoms with Crippen LogP contribution in [0.3, 0.4) is 0 Å². The van der Waals surface area contributed by atoms with Gasteiger partial charge in [0.15, 0.2) is 11.6 Å². The molecule has 0 aliphatic heterocycles. The molecule has 1 heterocycles. The van der Waals surface area contributed by atoms with Gasteiger partial charge in [-0.15, -0.1) is 0 Å². The zero-order valence-electron chi connectivity index (χ0n) is 8.72. The van der Waals surface area contributed by atoms with E-state index in [0.29, 0.717) is 5.56 Å². The van der Waals surface area contributed by atoms with Crippen molar-refractivity contribution in [3.05, 3.63) is 53.7 Å². The molecule has 0 spiro atoms.